The van der Waals surface area contributed by atoms with E-state index in [4.69, 9.17) is 16.7 Å². The van der Waals surface area contributed by atoms with Crippen molar-refractivity contribution in [2.45, 2.75) is 19.3 Å². The van der Waals surface area contributed by atoms with Crippen LogP contribution in [0, 0.1) is 5.92 Å². The molecule has 86 valence electrons. The zero-order valence-corrected chi connectivity index (χ0v) is 9.63. The molecule has 1 aliphatic carbocycles. The number of carbonyl (C=O) groups is 1. The molecular formula is C12H14ClNO2. The predicted octanol–water partition coefficient (Wildman–Crippen LogP) is 3.25. The molecule has 0 aliphatic heterocycles. The second kappa shape index (κ2) is 4.74. The molecule has 1 aromatic carbocycles. The summed E-state index contributed by atoms with van der Waals surface area (Å²) in [5.74, 6) is -0.107. The summed E-state index contributed by atoms with van der Waals surface area (Å²) in [4.78, 5) is 11.0. The highest BCUT2D eigenvalue weighted by atomic mass is 35.5. The third-order valence-electron chi connectivity index (χ3n) is 2.78. The molecule has 0 spiro atoms. The molecule has 0 amide bonds. The lowest BCUT2D eigenvalue weighted by Crippen LogP contribution is -2.08. The minimum atomic E-state index is -0.948. The van der Waals surface area contributed by atoms with Gasteiger partial charge in [0.1, 0.15) is 0 Å². The maximum Gasteiger partial charge on any atom is 0.337 e. The number of hydrogen-bond acceptors (Lipinski definition) is 2. The lowest BCUT2D eigenvalue weighted by atomic mass is 10.1. The normalized spacial score (nSPS) is 14.8. The fourth-order valence-corrected chi connectivity index (χ4v) is 1.84. The van der Waals surface area contributed by atoms with Crippen LogP contribution < -0.4 is 5.32 Å². The lowest BCUT2D eigenvalue weighted by molar-refractivity contribution is 0.0698. The Morgan fingerprint density at radius 2 is 2.25 bits per heavy atom. The van der Waals surface area contributed by atoms with Gasteiger partial charge in [-0.25, -0.2) is 4.79 Å². The summed E-state index contributed by atoms with van der Waals surface area (Å²) in [7, 11) is 0. The molecule has 0 bridgehead atoms. The zero-order chi connectivity index (χ0) is 11.5. The van der Waals surface area contributed by atoms with Gasteiger partial charge in [0.25, 0.3) is 0 Å². The van der Waals surface area contributed by atoms with E-state index in [2.05, 4.69) is 5.32 Å². The molecule has 1 saturated carbocycles. The smallest absolute Gasteiger partial charge is 0.337 e. The minimum Gasteiger partial charge on any atom is -0.478 e. The minimum absolute atomic E-state index is 0.239. The molecule has 2 N–H and O–H groups in total. The molecule has 1 fully saturated rings. The summed E-state index contributed by atoms with van der Waals surface area (Å²) in [6, 6.07) is 4.90. The lowest BCUT2D eigenvalue weighted by Gasteiger charge is -2.09. The van der Waals surface area contributed by atoms with E-state index in [9.17, 15) is 4.79 Å². The molecule has 2 rings (SSSR count). The molecule has 0 heterocycles. The van der Waals surface area contributed by atoms with Crippen molar-refractivity contribution in [2.75, 3.05) is 11.9 Å². The van der Waals surface area contributed by atoms with Crippen molar-refractivity contribution in [2.24, 2.45) is 5.92 Å². The summed E-state index contributed by atoms with van der Waals surface area (Å²) < 4.78 is 0. The molecule has 16 heavy (non-hydrogen) atoms. The number of benzene rings is 1. The molecule has 0 aromatic heterocycles. The number of carboxylic acid groups (broad SMARTS) is 1. The fourth-order valence-electron chi connectivity index (χ4n) is 1.67. The third kappa shape index (κ3) is 2.89. The molecule has 0 atom stereocenters. The maximum absolute atomic E-state index is 11.0. The van der Waals surface area contributed by atoms with Gasteiger partial charge in [0.2, 0.25) is 0 Å². The summed E-state index contributed by atoms with van der Waals surface area (Å²) in [6.45, 7) is 0.826. The predicted molar refractivity (Wildman–Crippen MR) is 64.2 cm³/mol. The number of nitrogens with one attached hydrogen (secondary N) is 1. The van der Waals surface area contributed by atoms with Crippen LogP contribution in [0.4, 0.5) is 5.69 Å². The van der Waals surface area contributed by atoms with E-state index in [1.807, 2.05) is 0 Å². The van der Waals surface area contributed by atoms with Crippen LogP contribution in [0.2, 0.25) is 5.02 Å². The number of hydrogen-bond donors (Lipinski definition) is 2. The average Bonchev–Trinajstić information content (AvgIpc) is 3.04. The molecule has 3 nitrogen and oxygen atoms in total. The van der Waals surface area contributed by atoms with E-state index in [0.29, 0.717) is 10.7 Å². The molecule has 0 saturated heterocycles. The van der Waals surface area contributed by atoms with Crippen LogP contribution in [0.3, 0.4) is 0 Å². The Kier molecular flexibility index (Phi) is 3.34. The second-order valence-corrected chi connectivity index (χ2v) is 4.59. The van der Waals surface area contributed by atoms with Crippen LogP contribution in [0.1, 0.15) is 29.6 Å². The van der Waals surface area contributed by atoms with Gasteiger partial charge in [0.15, 0.2) is 0 Å². The van der Waals surface area contributed by atoms with Crippen molar-refractivity contribution >= 4 is 23.3 Å². The van der Waals surface area contributed by atoms with E-state index in [-0.39, 0.29) is 5.56 Å². The highest BCUT2D eigenvalue weighted by Gasteiger charge is 2.20. The monoisotopic (exact) mass is 239 g/mol. The van der Waals surface area contributed by atoms with Crippen LogP contribution in [-0.2, 0) is 0 Å². The molecule has 1 aliphatic rings. The number of halogens is 1. The summed E-state index contributed by atoms with van der Waals surface area (Å²) in [6.07, 6.45) is 3.74. The topological polar surface area (TPSA) is 49.3 Å². The van der Waals surface area contributed by atoms with Gasteiger partial charge >= 0.3 is 5.97 Å². The van der Waals surface area contributed by atoms with Crippen LogP contribution in [0.25, 0.3) is 0 Å². The Labute approximate surface area is 99.4 Å². The molecular weight excluding hydrogens is 226 g/mol. The van der Waals surface area contributed by atoms with E-state index < -0.39 is 5.97 Å². The highest BCUT2D eigenvalue weighted by Crippen LogP contribution is 2.32. The van der Waals surface area contributed by atoms with E-state index in [0.717, 1.165) is 18.9 Å². The van der Waals surface area contributed by atoms with Gasteiger partial charge in [-0.3, -0.25) is 0 Å². The van der Waals surface area contributed by atoms with Crippen molar-refractivity contribution in [3.05, 3.63) is 28.8 Å². The Morgan fingerprint density at radius 3 is 2.88 bits per heavy atom. The van der Waals surface area contributed by atoms with Crippen molar-refractivity contribution in [3.8, 4) is 0 Å². The number of anilines is 1. The van der Waals surface area contributed by atoms with Crippen molar-refractivity contribution < 1.29 is 9.90 Å². The molecule has 0 unspecified atom stereocenters. The second-order valence-electron chi connectivity index (χ2n) is 4.15. The largest absolute Gasteiger partial charge is 0.478 e. The zero-order valence-electron chi connectivity index (χ0n) is 8.87. The quantitative estimate of drug-likeness (QED) is 0.829. The van der Waals surface area contributed by atoms with Crippen molar-refractivity contribution in [1.29, 1.82) is 0 Å². The standard InChI is InChI=1S/C12H14ClNO2/c13-9-3-4-11(10(7-9)12(15)16)14-6-5-8-1-2-8/h3-4,7-8,14H,1-2,5-6H2,(H,15,16). The number of aromatic carboxylic acids is 1. The van der Waals surface area contributed by atoms with Crippen molar-refractivity contribution in [3.63, 3.8) is 0 Å². The van der Waals surface area contributed by atoms with E-state index in [1.54, 1.807) is 12.1 Å². The fraction of sp³-hybridized carbons (Fsp3) is 0.417. The SMILES string of the molecule is O=C(O)c1cc(Cl)ccc1NCCC1CC1. The van der Waals surface area contributed by atoms with Crippen LogP contribution in [0.5, 0.6) is 0 Å². The summed E-state index contributed by atoms with van der Waals surface area (Å²) in [5, 5.41) is 12.6. The molecule has 4 heteroatoms. The first-order valence-corrected chi connectivity index (χ1v) is 5.81. The van der Waals surface area contributed by atoms with Gasteiger partial charge in [-0.15, -0.1) is 0 Å². The third-order valence-corrected chi connectivity index (χ3v) is 3.01. The number of rotatable bonds is 5. The first kappa shape index (κ1) is 11.3. The maximum atomic E-state index is 11.0. The van der Waals surface area contributed by atoms with Crippen molar-refractivity contribution in [1.82, 2.24) is 0 Å². The van der Waals surface area contributed by atoms with Gasteiger partial charge in [0.05, 0.1) is 5.56 Å². The van der Waals surface area contributed by atoms with E-state index in [1.165, 1.54) is 18.9 Å². The van der Waals surface area contributed by atoms with Gasteiger partial charge < -0.3 is 10.4 Å². The Morgan fingerprint density at radius 1 is 1.50 bits per heavy atom. The van der Waals surface area contributed by atoms with Crippen LogP contribution in [0.15, 0.2) is 18.2 Å². The molecule has 1 aromatic rings. The Hall–Kier alpha value is -1.22. The van der Waals surface area contributed by atoms with E-state index >= 15 is 0 Å². The number of carboxylic acids is 1. The van der Waals surface area contributed by atoms with Gasteiger partial charge in [-0.1, -0.05) is 24.4 Å². The first-order chi connectivity index (χ1) is 7.66. The average molecular weight is 240 g/mol. The Balaban J connectivity index is 2.02. The summed E-state index contributed by atoms with van der Waals surface area (Å²) in [5.41, 5.74) is 0.890. The van der Waals surface area contributed by atoms with Gasteiger partial charge in [-0.05, 0) is 30.5 Å². The highest BCUT2D eigenvalue weighted by molar-refractivity contribution is 6.31. The first-order valence-electron chi connectivity index (χ1n) is 5.43. The van der Waals surface area contributed by atoms with Gasteiger partial charge in [0, 0.05) is 17.3 Å². The van der Waals surface area contributed by atoms with Crippen LogP contribution >= 0.6 is 11.6 Å². The molecule has 0 radical (unpaired) electrons. The Bertz CT molecular complexity index is 402. The summed E-state index contributed by atoms with van der Waals surface area (Å²) >= 11 is 5.76. The van der Waals surface area contributed by atoms with Crippen LogP contribution in [-0.4, -0.2) is 17.6 Å². The van der Waals surface area contributed by atoms with Gasteiger partial charge in [-0.2, -0.15) is 0 Å².